The Hall–Kier alpha value is -2.54. The lowest BCUT2D eigenvalue weighted by Gasteiger charge is -2.23. The first kappa shape index (κ1) is 16.3. The highest BCUT2D eigenvalue weighted by molar-refractivity contribution is 7.92. The van der Waals surface area contributed by atoms with Crippen LogP contribution in [0.25, 0.3) is 0 Å². The summed E-state index contributed by atoms with van der Waals surface area (Å²) in [5, 5.41) is 2.70. The van der Waals surface area contributed by atoms with Crippen molar-refractivity contribution in [2.24, 2.45) is 0 Å². The van der Waals surface area contributed by atoms with Gasteiger partial charge in [-0.3, -0.25) is 9.52 Å². The maximum atomic E-state index is 12.6. The standard InChI is InChI=1S/C17H18N2O4S/c1-10-4-5-11(2)16(8-10)24(21,22)19-13-6-7-15-14(9-13)18-17(20)12(3)23-15/h4-9,12,19H,1-3H3,(H,18,20). The minimum atomic E-state index is -3.72. The van der Waals surface area contributed by atoms with Crippen molar-refractivity contribution in [3.05, 3.63) is 47.5 Å². The Morgan fingerprint density at radius 1 is 1.12 bits per heavy atom. The molecule has 3 rings (SSSR count). The van der Waals surface area contributed by atoms with Crippen molar-refractivity contribution in [1.82, 2.24) is 0 Å². The molecule has 0 bridgehead atoms. The Bertz CT molecular complexity index is 922. The van der Waals surface area contributed by atoms with Gasteiger partial charge in [-0.25, -0.2) is 8.42 Å². The average molecular weight is 346 g/mol. The Kier molecular flexibility index (Phi) is 3.96. The molecule has 1 amide bonds. The number of aryl methyl sites for hydroxylation is 2. The molecule has 0 aliphatic carbocycles. The first-order valence-electron chi connectivity index (χ1n) is 7.48. The fraction of sp³-hybridized carbons (Fsp3) is 0.235. The summed E-state index contributed by atoms with van der Waals surface area (Å²) in [4.78, 5) is 11.9. The minimum Gasteiger partial charge on any atom is -0.479 e. The van der Waals surface area contributed by atoms with Crippen molar-refractivity contribution < 1.29 is 17.9 Å². The van der Waals surface area contributed by atoms with Gasteiger partial charge in [0.1, 0.15) is 5.75 Å². The molecule has 0 spiro atoms. The molecule has 7 heteroatoms. The second-order valence-electron chi connectivity index (χ2n) is 5.83. The molecule has 1 unspecified atom stereocenters. The first-order chi connectivity index (χ1) is 11.3. The molecule has 2 aromatic rings. The normalized spacial score (nSPS) is 16.8. The van der Waals surface area contributed by atoms with E-state index in [0.717, 1.165) is 5.56 Å². The molecule has 1 aliphatic rings. The van der Waals surface area contributed by atoms with Gasteiger partial charge in [0.2, 0.25) is 0 Å². The lowest BCUT2D eigenvalue weighted by atomic mass is 10.2. The van der Waals surface area contributed by atoms with E-state index in [1.807, 2.05) is 13.0 Å². The highest BCUT2D eigenvalue weighted by Crippen LogP contribution is 2.33. The van der Waals surface area contributed by atoms with Gasteiger partial charge >= 0.3 is 0 Å². The number of hydrogen-bond donors (Lipinski definition) is 2. The molecule has 2 N–H and O–H groups in total. The van der Waals surface area contributed by atoms with E-state index >= 15 is 0 Å². The highest BCUT2D eigenvalue weighted by atomic mass is 32.2. The molecule has 0 saturated carbocycles. The number of nitrogens with one attached hydrogen (secondary N) is 2. The van der Waals surface area contributed by atoms with Crippen molar-refractivity contribution >= 4 is 27.3 Å². The van der Waals surface area contributed by atoms with Crippen LogP contribution in [0.4, 0.5) is 11.4 Å². The summed E-state index contributed by atoms with van der Waals surface area (Å²) in [5.41, 5.74) is 2.32. The highest BCUT2D eigenvalue weighted by Gasteiger charge is 2.24. The zero-order valence-electron chi connectivity index (χ0n) is 13.6. The largest absolute Gasteiger partial charge is 0.479 e. The van der Waals surface area contributed by atoms with Crippen LogP contribution in [0, 0.1) is 13.8 Å². The monoisotopic (exact) mass is 346 g/mol. The Balaban J connectivity index is 1.92. The zero-order valence-corrected chi connectivity index (χ0v) is 14.4. The molecule has 24 heavy (non-hydrogen) atoms. The van der Waals surface area contributed by atoms with E-state index in [-0.39, 0.29) is 10.8 Å². The number of amides is 1. The van der Waals surface area contributed by atoms with Gasteiger partial charge in [-0.15, -0.1) is 0 Å². The SMILES string of the molecule is Cc1ccc(C)c(S(=O)(=O)Nc2ccc3c(c2)NC(=O)C(C)O3)c1. The van der Waals surface area contributed by atoms with E-state index in [0.29, 0.717) is 22.7 Å². The van der Waals surface area contributed by atoms with Crippen LogP contribution in [0.5, 0.6) is 5.75 Å². The van der Waals surface area contributed by atoms with Gasteiger partial charge in [-0.2, -0.15) is 0 Å². The number of hydrogen-bond acceptors (Lipinski definition) is 4. The molecule has 1 atom stereocenters. The summed E-state index contributed by atoms with van der Waals surface area (Å²) in [6.45, 7) is 5.23. The molecule has 6 nitrogen and oxygen atoms in total. The van der Waals surface area contributed by atoms with Crippen molar-refractivity contribution in [1.29, 1.82) is 0 Å². The fourth-order valence-electron chi connectivity index (χ4n) is 2.48. The van der Waals surface area contributed by atoms with Gasteiger partial charge in [0, 0.05) is 0 Å². The second-order valence-corrected chi connectivity index (χ2v) is 7.49. The van der Waals surface area contributed by atoms with Crippen LogP contribution in [0.3, 0.4) is 0 Å². The second kappa shape index (κ2) is 5.83. The van der Waals surface area contributed by atoms with Crippen LogP contribution in [-0.4, -0.2) is 20.4 Å². The smallest absolute Gasteiger partial charge is 0.265 e. The fourth-order valence-corrected chi connectivity index (χ4v) is 3.86. The van der Waals surface area contributed by atoms with Gasteiger partial charge < -0.3 is 10.1 Å². The van der Waals surface area contributed by atoms with Crippen molar-refractivity contribution in [2.75, 3.05) is 10.0 Å². The molecule has 0 aromatic heterocycles. The molecule has 0 saturated heterocycles. The van der Waals surface area contributed by atoms with Crippen molar-refractivity contribution in [2.45, 2.75) is 31.8 Å². The van der Waals surface area contributed by atoms with E-state index in [9.17, 15) is 13.2 Å². The van der Waals surface area contributed by atoms with Crippen molar-refractivity contribution in [3.63, 3.8) is 0 Å². The Morgan fingerprint density at radius 2 is 1.88 bits per heavy atom. The topological polar surface area (TPSA) is 84.5 Å². The Morgan fingerprint density at radius 3 is 2.62 bits per heavy atom. The third kappa shape index (κ3) is 3.07. The van der Waals surface area contributed by atoms with Crippen LogP contribution in [-0.2, 0) is 14.8 Å². The number of rotatable bonds is 3. The van der Waals surface area contributed by atoms with E-state index in [2.05, 4.69) is 10.0 Å². The van der Waals surface area contributed by atoms with Gasteiger partial charge in [-0.1, -0.05) is 12.1 Å². The van der Waals surface area contributed by atoms with E-state index in [1.165, 1.54) is 0 Å². The number of anilines is 2. The number of carbonyl (C=O) groups is 1. The van der Waals surface area contributed by atoms with Crippen LogP contribution >= 0.6 is 0 Å². The molecular weight excluding hydrogens is 328 g/mol. The lowest BCUT2D eigenvalue weighted by molar-refractivity contribution is -0.122. The van der Waals surface area contributed by atoms with Crippen molar-refractivity contribution in [3.8, 4) is 5.75 Å². The predicted octanol–water partition coefficient (Wildman–Crippen LogP) is 2.82. The predicted molar refractivity (Wildman–Crippen MR) is 91.9 cm³/mol. The summed E-state index contributed by atoms with van der Waals surface area (Å²) < 4.78 is 33.3. The molecule has 126 valence electrons. The van der Waals surface area contributed by atoms with Gasteiger partial charge in [0.25, 0.3) is 15.9 Å². The van der Waals surface area contributed by atoms with Gasteiger partial charge in [0.15, 0.2) is 6.10 Å². The van der Waals surface area contributed by atoms with Gasteiger partial charge in [0.05, 0.1) is 16.3 Å². The average Bonchev–Trinajstić information content (AvgIpc) is 2.50. The van der Waals surface area contributed by atoms with E-state index in [1.54, 1.807) is 44.2 Å². The summed E-state index contributed by atoms with van der Waals surface area (Å²) in [5.74, 6) is 0.244. The quantitative estimate of drug-likeness (QED) is 0.895. The maximum absolute atomic E-state index is 12.6. The molecule has 1 aliphatic heterocycles. The molecule has 0 fully saturated rings. The molecule has 1 heterocycles. The number of fused-ring (bicyclic) bond motifs is 1. The zero-order chi connectivity index (χ0) is 17.5. The summed E-state index contributed by atoms with van der Waals surface area (Å²) in [7, 11) is -3.72. The minimum absolute atomic E-state index is 0.231. The summed E-state index contributed by atoms with van der Waals surface area (Å²) in [6, 6.07) is 10.0. The van der Waals surface area contributed by atoms with E-state index < -0.39 is 16.1 Å². The molecule has 0 radical (unpaired) electrons. The number of sulfonamides is 1. The third-order valence-electron chi connectivity index (χ3n) is 3.80. The van der Waals surface area contributed by atoms with Crippen LogP contribution in [0.2, 0.25) is 0 Å². The van der Waals surface area contributed by atoms with Crippen LogP contribution in [0.1, 0.15) is 18.1 Å². The number of carbonyl (C=O) groups excluding carboxylic acids is 1. The molecule has 2 aromatic carbocycles. The first-order valence-corrected chi connectivity index (χ1v) is 8.96. The summed E-state index contributed by atoms with van der Waals surface area (Å²) >= 11 is 0. The van der Waals surface area contributed by atoms with Crippen LogP contribution in [0.15, 0.2) is 41.3 Å². The maximum Gasteiger partial charge on any atom is 0.265 e. The summed E-state index contributed by atoms with van der Waals surface area (Å²) in [6.07, 6.45) is -0.574. The lowest BCUT2D eigenvalue weighted by Crippen LogP contribution is -2.34. The van der Waals surface area contributed by atoms with Gasteiger partial charge in [-0.05, 0) is 56.2 Å². The number of benzene rings is 2. The van der Waals surface area contributed by atoms with Crippen LogP contribution < -0.4 is 14.8 Å². The third-order valence-corrected chi connectivity index (χ3v) is 5.32. The van der Waals surface area contributed by atoms with E-state index in [4.69, 9.17) is 4.74 Å². The Labute approximate surface area is 140 Å². The molecular formula is C17H18N2O4S. The number of ether oxygens (including phenoxy) is 1.